The third-order valence-corrected chi connectivity index (χ3v) is 4.81. The van der Waals surface area contributed by atoms with Gasteiger partial charge in [-0.25, -0.2) is 13.8 Å². The Labute approximate surface area is 125 Å². The van der Waals surface area contributed by atoms with Gasteiger partial charge >= 0.3 is 0 Å². The molecule has 1 saturated carbocycles. The zero-order valence-corrected chi connectivity index (χ0v) is 12.5. The van der Waals surface area contributed by atoms with E-state index in [2.05, 4.69) is 21.8 Å². The zero-order valence-electron chi connectivity index (χ0n) is 12.5. The summed E-state index contributed by atoms with van der Waals surface area (Å²) in [6.07, 6.45) is 4.14. The molecule has 1 aromatic heterocycles. The maximum absolute atomic E-state index is 12.9. The molecule has 1 aliphatic carbocycles. The molecule has 0 unspecified atom stereocenters. The number of likely N-dealkylation sites (tertiary alicyclic amines) is 1. The van der Waals surface area contributed by atoms with Crippen LogP contribution in [0.3, 0.4) is 0 Å². The minimum atomic E-state index is -2.39. The maximum Gasteiger partial charge on any atom is 0.248 e. The molecular formula is C16H23F2N3. The molecule has 1 aromatic rings. The fraction of sp³-hybridized carbons (Fsp3) is 0.688. The molecule has 2 fully saturated rings. The predicted octanol–water partition coefficient (Wildman–Crippen LogP) is 3.03. The molecule has 116 valence electrons. The number of nitrogens with zero attached hydrogens (tertiary/aromatic N) is 3. The summed E-state index contributed by atoms with van der Waals surface area (Å²) < 4.78 is 25.7. The molecule has 0 spiro atoms. The first-order valence-electron chi connectivity index (χ1n) is 7.77. The van der Waals surface area contributed by atoms with Crippen LogP contribution in [0.15, 0.2) is 24.4 Å². The van der Waals surface area contributed by atoms with Crippen molar-refractivity contribution in [2.24, 2.45) is 5.92 Å². The van der Waals surface area contributed by atoms with Crippen molar-refractivity contribution in [2.45, 2.75) is 37.6 Å². The molecule has 0 atom stereocenters. The summed E-state index contributed by atoms with van der Waals surface area (Å²) in [4.78, 5) is 8.98. The molecule has 3 rings (SSSR count). The molecule has 21 heavy (non-hydrogen) atoms. The van der Waals surface area contributed by atoms with E-state index >= 15 is 0 Å². The van der Waals surface area contributed by atoms with E-state index in [1.807, 2.05) is 24.4 Å². The third-order valence-electron chi connectivity index (χ3n) is 4.81. The highest BCUT2D eigenvalue weighted by Gasteiger charge is 2.45. The number of aromatic nitrogens is 1. The number of alkyl halides is 2. The van der Waals surface area contributed by atoms with Crippen molar-refractivity contribution in [3.63, 3.8) is 0 Å². The first-order valence-corrected chi connectivity index (χ1v) is 7.77. The van der Waals surface area contributed by atoms with Gasteiger partial charge in [0.1, 0.15) is 5.82 Å². The normalized spacial score (nSPS) is 23.8. The highest BCUT2D eigenvalue weighted by atomic mass is 19.3. The molecule has 1 saturated heterocycles. The van der Waals surface area contributed by atoms with Crippen LogP contribution in [0.2, 0.25) is 0 Å². The Balaban J connectivity index is 1.45. The number of anilines is 1. The lowest BCUT2D eigenvalue weighted by Gasteiger charge is -2.42. The van der Waals surface area contributed by atoms with E-state index in [-0.39, 0.29) is 18.8 Å². The van der Waals surface area contributed by atoms with Gasteiger partial charge in [0.15, 0.2) is 0 Å². The van der Waals surface area contributed by atoms with Crippen LogP contribution < -0.4 is 4.90 Å². The second-order valence-corrected chi connectivity index (χ2v) is 6.46. The number of hydrogen-bond donors (Lipinski definition) is 0. The average Bonchev–Trinajstić information content (AvgIpc) is 2.46. The molecule has 1 aliphatic heterocycles. The smallest absolute Gasteiger partial charge is 0.248 e. The molecule has 0 bridgehead atoms. The van der Waals surface area contributed by atoms with E-state index in [0.717, 1.165) is 38.3 Å². The van der Waals surface area contributed by atoms with Crippen LogP contribution in [0.4, 0.5) is 14.6 Å². The maximum atomic E-state index is 12.9. The van der Waals surface area contributed by atoms with Crippen molar-refractivity contribution in [2.75, 3.05) is 31.6 Å². The quantitative estimate of drug-likeness (QED) is 0.851. The Morgan fingerprint density at radius 1 is 1.29 bits per heavy atom. The first kappa shape index (κ1) is 14.7. The van der Waals surface area contributed by atoms with E-state index in [9.17, 15) is 8.78 Å². The second-order valence-electron chi connectivity index (χ2n) is 6.46. The number of hydrogen-bond acceptors (Lipinski definition) is 3. The van der Waals surface area contributed by atoms with Crippen LogP contribution in [-0.4, -0.2) is 48.5 Å². The van der Waals surface area contributed by atoms with E-state index in [1.54, 1.807) is 0 Å². The Morgan fingerprint density at radius 2 is 2.00 bits per heavy atom. The molecule has 0 N–H and O–H groups in total. The number of pyridine rings is 1. The average molecular weight is 295 g/mol. The van der Waals surface area contributed by atoms with Crippen LogP contribution >= 0.6 is 0 Å². The number of halogens is 2. The summed E-state index contributed by atoms with van der Waals surface area (Å²) in [5.41, 5.74) is 0. The predicted molar refractivity (Wildman–Crippen MR) is 79.8 cm³/mol. The van der Waals surface area contributed by atoms with Crippen molar-refractivity contribution in [3.8, 4) is 0 Å². The van der Waals surface area contributed by atoms with E-state index in [4.69, 9.17) is 0 Å². The van der Waals surface area contributed by atoms with Gasteiger partial charge in [0.2, 0.25) is 5.92 Å². The van der Waals surface area contributed by atoms with Gasteiger partial charge in [-0.3, -0.25) is 0 Å². The SMILES string of the molecule is CN(c1ccccn1)C1CCN(CC2CC(F)(F)C2)CC1. The van der Waals surface area contributed by atoms with Gasteiger partial charge in [0, 0.05) is 51.8 Å². The first-order chi connectivity index (χ1) is 10.0. The van der Waals surface area contributed by atoms with Gasteiger partial charge in [0.25, 0.3) is 0 Å². The zero-order chi connectivity index (χ0) is 14.9. The fourth-order valence-electron chi connectivity index (χ4n) is 3.52. The lowest BCUT2D eigenvalue weighted by Crippen LogP contribution is -2.48. The van der Waals surface area contributed by atoms with Crippen molar-refractivity contribution >= 4 is 5.82 Å². The molecule has 2 heterocycles. The van der Waals surface area contributed by atoms with Crippen molar-refractivity contribution in [1.82, 2.24) is 9.88 Å². The van der Waals surface area contributed by atoms with Crippen LogP contribution in [0.25, 0.3) is 0 Å². The van der Waals surface area contributed by atoms with E-state index in [0.29, 0.717) is 6.04 Å². The van der Waals surface area contributed by atoms with E-state index in [1.165, 1.54) is 0 Å². The van der Waals surface area contributed by atoms with Crippen LogP contribution in [-0.2, 0) is 0 Å². The Kier molecular flexibility index (Phi) is 4.11. The minimum absolute atomic E-state index is 0.0841. The topological polar surface area (TPSA) is 19.4 Å². The molecule has 3 nitrogen and oxygen atoms in total. The van der Waals surface area contributed by atoms with Crippen molar-refractivity contribution in [1.29, 1.82) is 0 Å². The summed E-state index contributed by atoms with van der Waals surface area (Å²) in [6, 6.07) is 6.46. The monoisotopic (exact) mass is 295 g/mol. The van der Waals surface area contributed by atoms with Crippen LogP contribution in [0, 0.1) is 5.92 Å². The minimum Gasteiger partial charge on any atom is -0.357 e. The lowest BCUT2D eigenvalue weighted by atomic mass is 9.80. The number of piperidine rings is 1. The van der Waals surface area contributed by atoms with E-state index < -0.39 is 5.92 Å². The Bertz CT molecular complexity index is 450. The molecule has 0 amide bonds. The fourth-order valence-corrected chi connectivity index (χ4v) is 3.52. The standard InChI is InChI=1S/C16H23F2N3/c1-20(15-4-2-3-7-19-15)14-5-8-21(9-6-14)12-13-10-16(17,18)11-13/h2-4,7,13-14H,5-6,8-12H2,1H3. The Hall–Kier alpha value is -1.23. The summed E-state index contributed by atoms with van der Waals surface area (Å²) in [6.45, 7) is 2.85. The lowest BCUT2D eigenvalue weighted by molar-refractivity contribution is -0.117. The van der Waals surface area contributed by atoms with Gasteiger partial charge in [-0.2, -0.15) is 0 Å². The van der Waals surface area contributed by atoms with Crippen LogP contribution in [0.5, 0.6) is 0 Å². The molecular weight excluding hydrogens is 272 g/mol. The van der Waals surface area contributed by atoms with Gasteiger partial charge in [-0.15, -0.1) is 0 Å². The summed E-state index contributed by atoms with van der Waals surface area (Å²) >= 11 is 0. The third kappa shape index (κ3) is 3.51. The van der Waals surface area contributed by atoms with Gasteiger partial charge in [0.05, 0.1) is 0 Å². The molecule has 5 heteroatoms. The molecule has 0 aromatic carbocycles. The summed E-state index contributed by atoms with van der Waals surface area (Å²) in [5, 5.41) is 0. The number of rotatable bonds is 4. The summed E-state index contributed by atoms with van der Waals surface area (Å²) in [5.74, 6) is -1.18. The van der Waals surface area contributed by atoms with Crippen molar-refractivity contribution < 1.29 is 8.78 Å². The van der Waals surface area contributed by atoms with Gasteiger partial charge in [-0.1, -0.05) is 6.07 Å². The molecule has 2 aliphatic rings. The summed E-state index contributed by atoms with van der Waals surface area (Å²) in [7, 11) is 2.09. The molecule has 0 radical (unpaired) electrons. The van der Waals surface area contributed by atoms with Gasteiger partial charge < -0.3 is 9.80 Å². The highest BCUT2D eigenvalue weighted by molar-refractivity contribution is 5.38. The largest absolute Gasteiger partial charge is 0.357 e. The second kappa shape index (κ2) is 5.87. The van der Waals surface area contributed by atoms with Crippen LogP contribution in [0.1, 0.15) is 25.7 Å². The highest BCUT2D eigenvalue weighted by Crippen LogP contribution is 2.42. The Morgan fingerprint density at radius 3 is 2.57 bits per heavy atom. The van der Waals surface area contributed by atoms with Crippen molar-refractivity contribution in [3.05, 3.63) is 24.4 Å². The van der Waals surface area contributed by atoms with Gasteiger partial charge in [-0.05, 0) is 30.9 Å².